The highest BCUT2D eigenvalue weighted by Gasteiger charge is 1.99. The lowest BCUT2D eigenvalue weighted by Gasteiger charge is -2.08. The van der Waals surface area contributed by atoms with Crippen LogP contribution in [0.25, 0.3) is 0 Å². The average Bonchev–Trinajstić information content (AvgIpc) is 2.16. The van der Waals surface area contributed by atoms with Crippen LogP contribution in [0.2, 0.25) is 0 Å². The van der Waals surface area contributed by atoms with E-state index in [0.717, 1.165) is 25.7 Å². The molecule has 0 fully saturated rings. The van der Waals surface area contributed by atoms with Crippen LogP contribution < -0.4 is 0 Å². The van der Waals surface area contributed by atoms with Gasteiger partial charge in [-0.25, -0.2) is 0 Å². The van der Waals surface area contributed by atoms with Crippen molar-refractivity contribution in [3.05, 3.63) is 48.1 Å². The standard InChI is InChI=1S/C13H18/c1-3-4-8-12(2)11-13-9-6-5-7-10-13/h3,5-6,8,10H,1,4,7,9,11H2,2H3. The number of rotatable bonds is 4. The summed E-state index contributed by atoms with van der Waals surface area (Å²) in [7, 11) is 0. The monoisotopic (exact) mass is 174 g/mol. The molecule has 1 rings (SSSR count). The maximum Gasteiger partial charge on any atom is -0.0108 e. The second kappa shape index (κ2) is 5.58. The molecule has 0 aliphatic heterocycles. The molecule has 0 aromatic rings. The van der Waals surface area contributed by atoms with Gasteiger partial charge in [0.05, 0.1) is 0 Å². The van der Waals surface area contributed by atoms with Gasteiger partial charge in [0.2, 0.25) is 0 Å². The summed E-state index contributed by atoms with van der Waals surface area (Å²) < 4.78 is 0. The molecule has 13 heavy (non-hydrogen) atoms. The molecule has 0 saturated heterocycles. The topological polar surface area (TPSA) is 0 Å². The quantitative estimate of drug-likeness (QED) is 0.561. The zero-order valence-electron chi connectivity index (χ0n) is 8.42. The fraction of sp³-hybridized carbons (Fsp3) is 0.385. The van der Waals surface area contributed by atoms with E-state index in [9.17, 15) is 0 Å². The van der Waals surface area contributed by atoms with Crippen molar-refractivity contribution in [3.8, 4) is 0 Å². The second-order valence-corrected chi connectivity index (χ2v) is 3.53. The van der Waals surface area contributed by atoms with Crippen LogP contribution in [-0.2, 0) is 0 Å². The largest absolute Gasteiger partial charge is 0.103 e. The van der Waals surface area contributed by atoms with Gasteiger partial charge in [-0.3, -0.25) is 0 Å². The van der Waals surface area contributed by atoms with Crippen LogP contribution in [-0.4, -0.2) is 0 Å². The van der Waals surface area contributed by atoms with Gasteiger partial charge in [0.1, 0.15) is 0 Å². The summed E-state index contributed by atoms with van der Waals surface area (Å²) in [5.74, 6) is 0. The van der Waals surface area contributed by atoms with Crippen LogP contribution in [0, 0.1) is 0 Å². The summed E-state index contributed by atoms with van der Waals surface area (Å²) in [4.78, 5) is 0. The number of hydrogen-bond donors (Lipinski definition) is 0. The molecule has 0 nitrogen and oxygen atoms in total. The van der Waals surface area contributed by atoms with Crippen molar-refractivity contribution in [1.29, 1.82) is 0 Å². The molecule has 0 spiro atoms. The zero-order chi connectivity index (χ0) is 9.52. The highest BCUT2D eigenvalue weighted by atomic mass is 14.0. The third-order valence-electron chi connectivity index (χ3n) is 2.23. The molecule has 0 atom stereocenters. The van der Waals surface area contributed by atoms with E-state index < -0.39 is 0 Å². The molecule has 0 bridgehead atoms. The van der Waals surface area contributed by atoms with Gasteiger partial charge in [-0.15, -0.1) is 6.58 Å². The summed E-state index contributed by atoms with van der Waals surface area (Å²) in [5.41, 5.74) is 3.02. The van der Waals surface area contributed by atoms with Crippen LogP contribution in [0.15, 0.2) is 48.1 Å². The predicted molar refractivity (Wildman–Crippen MR) is 59.6 cm³/mol. The molecule has 0 aromatic heterocycles. The minimum absolute atomic E-state index is 0.995. The van der Waals surface area contributed by atoms with Gasteiger partial charge in [0, 0.05) is 0 Å². The van der Waals surface area contributed by atoms with Crippen molar-refractivity contribution < 1.29 is 0 Å². The summed E-state index contributed by atoms with van der Waals surface area (Å²) in [5, 5.41) is 0. The van der Waals surface area contributed by atoms with Gasteiger partial charge in [0.25, 0.3) is 0 Å². The summed E-state index contributed by atoms with van der Waals surface area (Å²) in [6.45, 7) is 5.91. The minimum Gasteiger partial charge on any atom is -0.103 e. The Hall–Kier alpha value is -1.04. The lowest BCUT2D eigenvalue weighted by Crippen LogP contribution is -1.88. The third-order valence-corrected chi connectivity index (χ3v) is 2.23. The van der Waals surface area contributed by atoms with Crippen molar-refractivity contribution in [2.24, 2.45) is 0 Å². The number of hydrogen-bond acceptors (Lipinski definition) is 0. The van der Waals surface area contributed by atoms with Gasteiger partial charge in [-0.2, -0.15) is 0 Å². The first-order valence-electron chi connectivity index (χ1n) is 4.92. The molecular weight excluding hydrogens is 156 g/mol. The van der Waals surface area contributed by atoms with E-state index in [1.54, 1.807) is 5.57 Å². The van der Waals surface area contributed by atoms with Crippen molar-refractivity contribution in [1.82, 2.24) is 0 Å². The summed E-state index contributed by atoms with van der Waals surface area (Å²) >= 11 is 0. The van der Waals surface area contributed by atoms with Crippen molar-refractivity contribution in [2.45, 2.75) is 32.6 Å². The third kappa shape index (κ3) is 3.93. The SMILES string of the molecule is C=CCC=C(C)CC1=CCC=CC1. The van der Waals surface area contributed by atoms with E-state index in [0.29, 0.717) is 0 Å². The Morgan fingerprint density at radius 1 is 1.54 bits per heavy atom. The Balaban J connectivity index is 2.39. The van der Waals surface area contributed by atoms with Gasteiger partial charge >= 0.3 is 0 Å². The van der Waals surface area contributed by atoms with E-state index >= 15 is 0 Å². The molecule has 0 radical (unpaired) electrons. The number of allylic oxidation sites excluding steroid dienone is 7. The first-order valence-corrected chi connectivity index (χ1v) is 4.92. The molecule has 0 heterocycles. The normalized spacial score (nSPS) is 17.0. The Morgan fingerprint density at radius 2 is 2.38 bits per heavy atom. The van der Waals surface area contributed by atoms with Gasteiger partial charge in [-0.1, -0.05) is 41.5 Å². The molecule has 0 N–H and O–H groups in total. The predicted octanol–water partition coefficient (Wildman–Crippen LogP) is 4.18. The second-order valence-electron chi connectivity index (χ2n) is 3.53. The lowest BCUT2D eigenvalue weighted by molar-refractivity contribution is 0.995. The fourth-order valence-electron chi connectivity index (χ4n) is 1.51. The molecular formula is C13H18. The minimum atomic E-state index is 0.995. The first kappa shape index (κ1) is 10.0. The van der Waals surface area contributed by atoms with Crippen molar-refractivity contribution >= 4 is 0 Å². The smallest absolute Gasteiger partial charge is 0.0108 e. The highest BCUT2D eigenvalue weighted by Crippen LogP contribution is 2.19. The van der Waals surface area contributed by atoms with Crippen molar-refractivity contribution in [2.75, 3.05) is 0 Å². The fourth-order valence-corrected chi connectivity index (χ4v) is 1.51. The van der Waals surface area contributed by atoms with Crippen LogP contribution >= 0.6 is 0 Å². The average molecular weight is 174 g/mol. The van der Waals surface area contributed by atoms with Crippen LogP contribution in [0.3, 0.4) is 0 Å². The molecule has 0 heteroatoms. The maximum atomic E-state index is 3.71. The molecule has 0 saturated carbocycles. The van der Waals surface area contributed by atoms with Crippen LogP contribution in [0.4, 0.5) is 0 Å². The Kier molecular flexibility index (Phi) is 4.31. The van der Waals surface area contributed by atoms with Gasteiger partial charge in [-0.05, 0) is 32.6 Å². The van der Waals surface area contributed by atoms with E-state index in [-0.39, 0.29) is 0 Å². The Labute approximate surface area is 81.4 Å². The van der Waals surface area contributed by atoms with Crippen molar-refractivity contribution in [3.63, 3.8) is 0 Å². The molecule has 0 unspecified atom stereocenters. The Morgan fingerprint density at radius 3 is 3.00 bits per heavy atom. The van der Waals surface area contributed by atoms with E-state index in [4.69, 9.17) is 0 Å². The molecule has 0 amide bonds. The Bertz CT molecular complexity index is 251. The zero-order valence-corrected chi connectivity index (χ0v) is 8.42. The summed E-state index contributed by atoms with van der Waals surface area (Å²) in [6.07, 6.45) is 15.4. The maximum absolute atomic E-state index is 3.71. The first-order chi connectivity index (χ1) is 6.33. The molecule has 1 aliphatic carbocycles. The van der Waals surface area contributed by atoms with Gasteiger partial charge in [0.15, 0.2) is 0 Å². The molecule has 0 aromatic carbocycles. The van der Waals surface area contributed by atoms with Crippen LogP contribution in [0.5, 0.6) is 0 Å². The lowest BCUT2D eigenvalue weighted by atomic mass is 9.98. The van der Waals surface area contributed by atoms with E-state index in [1.165, 1.54) is 5.57 Å². The van der Waals surface area contributed by atoms with Gasteiger partial charge < -0.3 is 0 Å². The molecule has 70 valence electrons. The van der Waals surface area contributed by atoms with E-state index in [1.807, 2.05) is 6.08 Å². The van der Waals surface area contributed by atoms with E-state index in [2.05, 4.69) is 37.8 Å². The highest BCUT2D eigenvalue weighted by molar-refractivity contribution is 5.21. The molecule has 1 aliphatic rings. The summed E-state index contributed by atoms with van der Waals surface area (Å²) in [6, 6.07) is 0. The van der Waals surface area contributed by atoms with Crippen LogP contribution in [0.1, 0.15) is 32.6 Å².